The highest BCUT2D eigenvalue weighted by Crippen LogP contribution is 2.14. The van der Waals surface area contributed by atoms with E-state index in [9.17, 15) is 9.59 Å². The summed E-state index contributed by atoms with van der Waals surface area (Å²) in [7, 11) is 0. The van der Waals surface area contributed by atoms with Crippen molar-refractivity contribution in [3.05, 3.63) is 34.9 Å². The molecule has 152 valence electrons. The van der Waals surface area contributed by atoms with Gasteiger partial charge in [0.25, 0.3) is 0 Å². The lowest BCUT2D eigenvalue weighted by molar-refractivity contribution is -0.150. The van der Waals surface area contributed by atoms with Crippen molar-refractivity contribution in [1.82, 2.24) is 4.90 Å². The van der Waals surface area contributed by atoms with Gasteiger partial charge < -0.3 is 19.5 Å². The monoisotopic (exact) mass is 399 g/mol. The van der Waals surface area contributed by atoms with E-state index in [0.717, 1.165) is 5.56 Å². The summed E-state index contributed by atoms with van der Waals surface area (Å²) in [6.07, 6.45) is 0.368. The van der Waals surface area contributed by atoms with E-state index in [-0.39, 0.29) is 6.61 Å². The van der Waals surface area contributed by atoms with Crippen molar-refractivity contribution in [3.8, 4) is 0 Å². The second-order valence-electron chi connectivity index (χ2n) is 7.31. The lowest BCUT2D eigenvalue weighted by Crippen LogP contribution is -2.39. The molecule has 6 nitrogen and oxygen atoms in total. The van der Waals surface area contributed by atoms with E-state index in [1.165, 1.54) is 0 Å². The van der Waals surface area contributed by atoms with Crippen molar-refractivity contribution < 1.29 is 24.2 Å². The first kappa shape index (κ1) is 23.2. The molecule has 1 amide bonds. The van der Waals surface area contributed by atoms with Gasteiger partial charge in [-0.3, -0.25) is 0 Å². The molecule has 1 unspecified atom stereocenters. The van der Waals surface area contributed by atoms with Crippen LogP contribution in [0.3, 0.4) is 0 Å². The predicted molar refractivity (Wildman–Crippen MR) is 105 cm³/mol. The van der Waals surface area contributed by atoms with Gasteiger partial charge >= 0.3 is 12.1 Å². The van der Waals surface area contributed by atoms with Gasteiger partial charge in [0.15, 0.2) is 6.10 Å². The maximum absolute atomic E-state index is 12.5. The maximum atomic E-state index is 12.5. The predicted octanol–water partition coefficient (Wildman–Crippen LogP) is 4.39. The van der Waals surface area contributed by atoms with Crippen molar-refractivity contribution >= 4 is 23.7 Å². The Labute approximate surface area is 166 Å². The summed E-state index contributed by atoms with van der Waals surface area (Å²) in [4.78, 5) is 25.1. The van der Waals surface area contributed by atoms with Gasteiger partial charge in [-0.1, -0.05) is 30.7 Å². The molecule has 0 aromatic heterocycles. The quantitative estimate of drug-likeness (QED) is 0.590. The number of carboxylic acids is 1. The standard InChI is InChI=1S/C20H30ClNO5/c1-5-17(18(23)24)26-13-7-11-22(19(25)27-20(2,3)4)12-10-15-8-6-9-16(21)14-15/h6,8-9,14,17H,5,7,10-13H2,1-4H3,(H,23,24). The first-order valence-corrected chi connectivity index (χ1v) is 9.57. The minimum atomic E-state index is -0.970. The Hall–Kier alpha value is -1.79. The Balaban J connectivity index is 2.62. The van der Waals surface area contributed by atoms with Crippen molar-refractivity contribution in [2.24, 2.45) is 0 Å². The van der Waals surface area contributed by atoms with Gasteiger partial charge in [0, 0.05) is 24.7 Å². The zero-order valence-corrected chi connectivity index (χ0v) is 17.3. The van der Waals surface area contributed by atoms with Crippen LogP contribution in [-0.4, -0.2) is 53.5 Å². The number of hydrogen-bond donors (Lipinski definition) is 1. The molecule has 0 bridgehead atoms. The third kappa shape index (κ3) is 9.63. The lowest BCUT2D eigenvalue weighted by atomic mass is 10.1. The second kappa shape index (κ2) is 11.1. The number of carboxylic acid groups (broad SMARTS) is 1. The van der Waals surface area contributed by atoms with E-state index < -0.39 is 23.8 Å². The highest BCUT2D eigenvalue weighted by atomic mass is 35.5. The van der Waals surface area contributed by atoms with Crippen LogP contribution in [0.1, 0.15) is 46.1 Å². The van der Waals surface area contributed by atoms with Crippen LogP contribution >= 0.6 is 11.6 Å². The maximum Gasteiger partial charge on any atom is 0.410 e. The molecular formula is C20H30ClNO5. The van der Waals surface area contributed by atoms with Crippen LogP contribution in [0.5, 0.6) is 0 Å². The minimum absolute atomic E-state index is 0.265. The second-order valence-corrected chi connectivity index (χ2v) is 7.74. The molecule has 0 spiro atoms. The van der Waals surface area contributed by atoms with Gasteiger partial charge in [0.2, 0.25) is 0 Å². The highest BCUT2D eigenvalue weighted by molar-refractivity contribution is 6.30. The Morgan fingerprint density at radius 3 is 2.52 bits per heavy atom. The molecule has 27 heavy (non-hydrogen) atoms. The number of halogens is 1. The molecule has 1 atom stereocenters. The number of amides is 1. The largest absolute Gasteiger partial charge is 0.479 e. The molecule has 0 saturated carbocycles. The van der Waals surface area contributed by atoms with Gasteiger partial charge in [0.1, 0.15) is 5.60 Å². The van der Waals surface area contributed by atoms with Crippen LogP contribution in [0.15, 0.2) is 24.3 Å². The summed E-state index contributed by atoms with van der Waals surface area (Å²) >= 11 is 6.01. The van der Waals surface area contributed by atoms with E-state index in [1.807, 2.05) is 39.0 Å². The van der Waals surface area contributed by atoms with E-state index in [2.05, 4.69) is 0 Å². The molecule has 0 heterocycles. The van der Waals surface area contributed by atoms with Crippen molar-refractivity contribution in [3.63, 3.8) is 0 Å². The Morgan fingerprint density at radius 2 is 1.96 bits per heavy atom. The molecule has 1 rings (SSSR count). The molecule has 1 aromatic carbocycles. The molecule has 0 aliphatic carbocycles. The summed E-state index contributed by atoms with van der Waals surface area (Å²) < 4.78 is 10.8. The Bertz CT molecular complexity index is 615. The number of nitrogens with zero attached hydrogens (tertiary/aromatic N) is 1. The van der Waals surface area contributed by atoms with Gasteiger partial charge in [-0.05, 0) is 57.7 Å². The van der Waals surface area contributed by atoms with Gasteiger partial charge in [-0.25, -0.2) is 9.59 Å². The van der Waals surface area contributed by atoms with Crippen LogP contribution < -0.4 is 0 Å². The van der Waals surface area contributed by atoms with Crippen LogP contribution in [-0.2, 0) is 20.7 Å². The van der Waals surface area contributed by atoms with Crippen LogP contribution in [0.4, 0.5) is 4.79 Å². The molecule has 0 aliphatic heterocycles. The van der Waals surface area contributed by atoms with E-state index in [0.29, 0.717) is 37.4 Å². The molecule has 0 radical (unpaired) electrons. The Kier molecular flexibility index (Phi) is 9.60. The molecule has 1 aromatic rings. The molecular weight excluding hydrogens is 370 g/mol. The molecule has 0 fully saturated rings. The van der Waals surface area contributed by atoms with E-state index in [4.69, 9.17) is 26.2 Å². The topological polar surface area (TPSA) is 76.1 Å². The summed E-state index contributed by atoms with van der Waals surface area (Å²) in [5.74, 6) is -0.970. The van der Waals surface area contributed by atoms with Gasteiger partial charge in [0.05, 0.1) is 0 Å². The van der Waals surface area contributed by atoms with E-state index >= 15 is 0 Å². The van der Waals surface area contributed by atoms with Gasteiger partial charge in [-0.2, -0.15) is 0 Å². The number of carbonyl (C=O) groups is 2. The van der Waals surface area contributed by atoms with Crippen LogP contribution in [0.25, 0.3) is 0 Å². The first-order valence-electron chi connectivity index (χ1n) is 9.19. The van der Waals surface area contributed by atoms with Crippen LogP contribution in [0, 0.1) is 0 Å². The van der Waals surface area contributed by atoms with Gasteiger partial charge in [-0.15, -0.1) is 0 Å². The number of aliphatic carboxylic acids is 1. The number of carbonyl (C=O) groups excluding carboxylic acids is 1. The fourth-order valence-corrected chi connectivity index (χ4v) is 2.64. The fraction of sp³-hybridized carbons (Fsp3) is 0.600. The summed E-state index contributed by atoms with van der Waals surface area (Å²) in [5, 5.41) is 9.67. The number of ether oxygens (including phenoxy) is 2. The normalized spacial score (nSPS) is 12.5. The number of rotatable bonds is 10. The number of benzene rings is 1. The summed E-state index contributed by atoms with van der Waals surface area (Å²) in [5.41, 5.74) is 0.447. The lowest BCUT2D eigenvalue weighted by Gasteiger charge is -2.27. The third-order valence-electron chi connectivity index (χ3n) is 3.75. The van der Waals surface area contributed by atoms with Crippen molar-refractivity contribution in [1.29, 1.82) is 0 Å². The summed E-state index contributed by atoms with van der Waals surface area (Å²) in [6, 6.07) is 7.51. The van der Waals surface area contributed by atoms with Crippen molar-refractivity contribution in [2.45, 2.75) is 58.7 Å². The van der Waals surface area contributed by atoms with E-state index in [1.54, 1.807) is 17.9 Å². The molecule has 0 saturated heterocycles. The highest BCUT2D eigenvalue weighted by Gasteiger charge is 2.22. The summed E-state index contributed by atoms with van der Waals surface area (Å²) in [6.45, 7) is 8.39. The van der Waals surface area contributed by atoms with Crippen LogP contribution in [0.2, 0.25) is 5.02 Å². The smallest absolute Gasteiger partial charge is 0.410 e. The zero-order valence-electron chi connectivity index (χ0n) is 16.5. The molecule has 1 N–H and O–H groups in total. The molecule has 0 aliphatic rings. The fourth-order valence-electron chi connectivity index (χ4n) is 2.42. The molecule has 7 heteroatoms. The van der Waals surface area contributed by atoms with Crippen molar-refractivity contribution in [2.75, 3.05) is 19.7 Å². The minimum Gasteiger partial charge on any atom is -0.479 e. The zero-order chi connectivity index (χ0) is 20.4. The average molecular weight is 400 g/mol. The number of hydrogen-bond acceptors (Lipinski definition) is 4. The SMILES string of the molecule is CCC(OCCCN(CCc1cccc(Cl)c1)C(=O)OC(C)(C)C)C(=O)O. The first-order chi connectivity index (χ1) is 12.6. The third-order valence-corrected chi connectivity index (χ3v) is 3.98. The Morgan fingerprint density at radius 1 is 1.26 bits per heavy atom. The average Bonchev–Trinajstić information content (AvgIpc) is 2.55.